The molecule has 3 nitrogen and oxygen atoms in total. The van der Waals surface area contributed by atoms with Crippen molar-refractivity contribution in [1.29, 1.82) is 0 Å². The van der Waals surface area contributed by atoms with Crippen LogP contribution in [-0.2, 0) is 4.84 Å². The molecule has 0 radical (unpaired) electrons. The molecule has 0 bridgehead atoms. The number of hydrogen-bond acceptors (Lipinski definition) is 3. The molecule has 0 atom stereocenters. The molecule has 0 amide bonds. The van der Waals surface area contributed by atoms with E-state index in [1.54, 1.807) is 0 Å². The molecule has 0 aromatic heterocycles. The van der Waals surface area contributed by atoms with Crippen molar-refractivity contribution in [2.75, 3.05) is 13.2 Å². The molecule has 3 heteroatoms. The molecule has 2 N–H and O–H groups in total. The van der Waals surface area contributed by atoms with Gasteiger partial charge in [0.05, 0.1) is 13.2 Å². The maximum absolute atomic E-state index is 5.66. The van der Waals surface area contributed by atoms with Crippen LogP contribution in [0.4, 0.5) is 0 Å². The SMILES string of the molecule is Cc1cc(C)c(C)c(OCCCON)c1. The van der Waals surface area contributed by atoms with Crippen molar-refractivity contribution in [3.63, 3.8) is 0 Å². The molecule has 0 saturated carbocycles. The smallest absolute Gasteiger partial charge is 0.122 e. The first-order chi connectivity index (χ1) is 7.15. The first kappa shape index (κ1) is 12.0. The van der Waals surface area contributed by atoms with Crippen LogP contribution in [0.15, 0.2) is 12.1 Å². The molecule has 0 fully saturated rings. The third-order valence-electron chi connectivity index (χ3n) is 2.43. The third kappa shape index (κ3) is 3.53. The van der Waals surface area contributed by atoms with E-state index in [0.717, 1.165) is 12.2 Å². The molecule has 1 aromatic carbocycles. The van der Waals surface area contributed by atoms with Gasteiger partial charge >= 0.3 is 0 Å². The molecule has 0 aliphatic heterocycles. The molecular formula is C12H19NO2. The molecule has 0 spiro atoms. The molecule has 0 saturated heterocycles. The minimum atomic E-state index is 0.532. The van der Waals surface area contributed by atoms with Gasteiger partial charge in [-0.1, -0.05) is 6.07 Å². The Hall–Kier alpha value is -1.06. The van der Waals surface area contributed by atoms with Gasteiger partial charge in [-0.2, -0.15) is 0 Å². The fourth-order valence-electron chi connectivity index (χ4n) is 1.48. The Kier molecular flexibility index (Phi) is 4.59. The highest BCUT2D eigenvalue weighted by Crippen LogP contribution is 2.23. The van der Waals surface area contributed by atoms with Gasteiger partial charge in [0.1, 0.15) is 5.75 Å². The van der Waals surface area contributed by atoms with Crippen LogP contribution in [-0.4, -0.2) is 13.2 Å². The molecular weight excluding hydrogens is 190 g/mol. The van der Waals surface area contributed by atoms with Gasteiger partial charge in [0.15, 0.2) is 0 Å². The van der Waals surface area contributed by atoms with Gasteiger partial charge in [0.2, 0.25) is 0 Å². The van der Waals surface area contributed by atoms with E-state index in [9.17, 15) is 0 Å². The highest BCUT2D eigenvalue weighted by molar-refractivity contribution is 5.41. The van der Waals surface area contributed by atoms with Gasteiger partial charge in [0.25, 0.3) is 0 Å². The summed E-state index contributed by atoms with van der Waals surface area (Å²) in [5.74, 6) is 5.89. The number of benzene rings is 1. The predicted molar refractivity (Wildman–Crippen MR) is 60.9 cm³/mol. The van der Waals surface area contributed by atoms with Crippen LogP contribution < -0.4 is 10.6 Å². The van der Waals surface area contributed by atoms with E-state index in [1.807, 2.05) is 0 Å². The summed E-state index contributed by atoms with van der Waals surface area (Å²) < 4.78 is 5.66. The first-order valence-electron chi connectivity index (χ1n) is 5.17. The molecule has 0 aliphatic carbocycles. The maximum atomic E-state index is 5.66. The highest BCUT2D eigenvalue weighted by Gasteiger charge is 2.03. The molecule has 0 unspecified atom stereocenters. The van der Waals surface area contributed by atoms with Gasteiger partial charge in [-0.05, 0) is 43.5 Å². The van der Waals surface area contributed by atoms with Gasteiger partial charge in [0, 0.05) is 6.42 Å². The molecule has 0 aliphatic rings. The second kappa shape index (κ2) is 5.73. The Morgan fingerprint density at radius 2 is 1.87 bits per heavy atom. The quantitative estimate of drug-likeness (QED) is 0.597. The van der Waals surface area contributed by atoms with Crippen LogP contribution >= 0.6 is 0 Å². The zero-order chi connectivity index (χ0) is 11.3. The second-order valence-corrected chi connectivity index (χ2v) is 3.78. The average molecular weight is 209 g/mol. The molecule has 1 rings (SSSR count). The zero-order valence-electron chi connectivity index (χ0n) is 9.67. The fraction of sp³-hybridized carbons (Fsp3) is 0.500. The van der Waals surface area contributed by atoms with E-state index in [2.05, 4.69) is 37.7 Å². The standard InChI is InChI=1S/C12H19NO2/c1-9-7-10(2)11(3)12(8-9)14-5-4-6-15-13/h7-8H,4-6,13H2,1-3H3. The van der Waals surface area contributed by atoms with Crippen molar-refractivity contribution in [3.8, 4) is 5.75 Å². The van der Waals surface area contributed by atoms with Crippen molar-refractivity contribution in [3.05, 3.63) is 28.8 Å². The Morgan fingerprint density at radius 3 is 2.53 bits per heavy atom. The lowest BCUT2D eigenvalue weighted by molar-refractivity contribution is 0.122. The summed E-state index contributed by atoms with van der Waals surface area (Å²) in [5.41, 5.74) is 3.69. The first-order valence-corrected chi connectivity index (χ1v) is 5.17. The summed E-state index contributed by atoms with van der Waals surface area (Å²) in [6, 6.07) is 4.22. The summed E-state index contributed by atoms with van der Waals surface area (Å²) in [6.45, 7) is 7.41. The van der Waals surface area contributed by atoms with Crippen LogP contribution in [0, 0.1) is 20.8 Å². The Labute approximate surface area is 91.1 Å². The molecule has 15 heavy (non-hydrogen) atoms. The van der Waals surface area contributed by atoms with Gasteiger partial charge in [-0.3, -0.25) is 0 Å². The number of hydrogen-bond donors (Lipinski definition) is 1. The summed E-state index contributed by atoms with van der Waals surface area (Å²) in [6.07, 6.45) is 0.808. The maximum Gasteiger partial charge on any atom is 0.122 e. The van der Waals surface area contributed by atoms with Crippen LogP contribution in [0.3, 0.4) is 0 Å². The monoisotopic (exact) mass is 209 g/mol. The van der Waals surface area contributed by atoms with Crippen LogP contribution in [0.1, 0.15) is 23.1 Å². The number of aryl methyl sites for hydroxylation is 2. The topological polar surface area (TPSA) is 44.5 Å². The predicted octanol–water partition coefficient (Wildman–Crippen LogP) is 2.27. The summed E-state index contributed by atoms with van der Waals surface area (Å²) >= 11 is 0. The van der Waals surface area contributed by atoms with Crippen molar-refractivity contribution < 1.29 is 9.57 Å². The van der Waals surface area contributed by atoms with Gasteiger partial charge < -0.3 is 9.57 Å². The minimum absolute atomic E-state index is 0.532. The van der Waals surface area contributed by atoms with Crippen LogP contribution in [0.25, 0.3) is 0 Å². The molecule has 84 valence electrons. The van der Waals surface area contributed by atoms with E-state index in [1.165, 1.54) is 16.7 Å². The number of rotatable bonds is 5. The lowest BCUT2D eigenvalue weighted by Crippen LogP contribution is -2.07. The summed E-state index contributed by atoms with van der Waals surface area (Å²) in [4.78, 5) is 4.48. The van der Waals surface area contributed by atoms with Crippen molar-refractivity contribution in [2.24, 2.45) is 5.90 Å². The fourth-order valence-corrected chi connectivity index (χ4v) is 1.48. The average Bonchev–Trinajstić information content (AvgIpc) is 2.19. The summed E-state index contributed by atoms with van der Waals surface area (Å²) in [5, 5.41) is 0. The third-order valence-corrected chi connectivity index (χ3v) is 2.43. The van der Waals surface area contributed by atoms with Gasteiger partial charge in [-0.25, -0.2) is 5.90 Å². The van der Waals surface area contributed by atoms with Gasteiger partial charge in [-0.15, -0.1) is 0 Å². The van der Waals surface area contributed by atoms with Crippen molar-refractivity contribution in [2.45, 2.75) is 27.2 Å². The Morgan fingerprint density at radius 1 is 1.13 bits per heavy atom. The number of ether oxygens (including phenoxy) is 1. The lowest BCUT2D eigenvalue weighted by Gasteiger charge is -2.11. The van der Waals surface area contributed by atoms with Crippen LogP contribution in [0.2, 0.25) is 0 Å². The van der Waals surface area contributed by atoms with Crippen molar-refractivity contribution in [1.82, 2.24) is 0 Å². The second-order valence-electron chi connectivity index (χ2n) is 3.78. The Bertz CT molecular complexity index is 324. The van der Waals surface area contributed by atoms with E-state index in [0.29, 0.717) is 13.2 Å². The van der Waals surface area contributed by atoms with E-state index < -0.39 is 0 Å². The summed E-state index contributed by atoms with van der Waals surface area (Å²) in [7, 11) is 0. The highest BCUT2D eigenvalue weighted by atomic mass is 16.6. The largest absolute Gasteiger partial charge is 0.493 e. The van der Waals surface area contributed by atoms with E-state index >= 15 is 0 Å². The van der Waals surface area contributed by atoms with Crippen LogP contribution in [0.5, 0.6) is 5.75 Å². The Balaban J connectivity index is 2.60. The van der Waals surface area contributed by atoms with E-state index in [-0.39, 0.29) is 0 Å². The minimum Gasteiger partial charge on any atom is -0.493 e. The lowest BCUT2D eigenvalue weighted by atomic mass is 10.1. The number of nitrogens with two attached hydrogens (primary N) is 1. The van der Waals surface area contributed by atoms with E-state index in [4.69, 9.17) is 10.6 Å². The zero-order valence-corrected chi connectivity index (χ0v) is 9.67. The van der Waals surface area contributed by atoms with Crippen molar-refractivity contribution >= 4 is 0 Å². The molecule has 0 heterocycles. The molecule has 1 aromatic rings. The normalized spacial score (nSPS) is 10.4.